The van der Waals surface area contributed by atoms with Crippen LogP contribution in [0.5, 0.6) is 0 Å². The van der Waals surface area contributed by atoms with E-state index >= 15 is 0 Å². The predicted molar refractivity (Wildman–Crippen MR) is 64.1 cm³/mol. The number of nitrogens with zero attached hydrogens (tertiary/aromatic N) is 1. The van der Waals surface area contributed by atoms with Gasteiger partial charge in [0.05, 0.1) is 6.54 Å². The lowest BCUT2D eigenvalue weighted by molar-refractivity contribution is 0.327. The Kier molecular flexibility index (Phi) is 3.86. The second-order valence-electron chi connectivity index (χ2n) is 4.22. The SMILES string of the molecule is CNCc1ccc(S(=O)(=O)N2CCCCC2)o1. The van der Waals surface area contributed by atoms with Gasteiger partial charge >= 0.3 is 0 Å². The molecule has 2 rings (SSSR count). The number of sulfonamides is 1. The molecule has 1 aliphatic heterocycles. The second-order valence-corrected chi connectivity index (χ2v) is 6.08. The van der Waals surface area contributed by atoms with Gasteiger partial charge < -0.3 is 9.73 Å². The summed E-state index contributed by atoms with van der Waals surface area (Å²) in [4.78, 5) is 0. The third kappa shape index (κ3) is 2.70. The Morgan fingerprint density at radius 3 is 2.65 bits per heavy atom. The summed E-state index contributed by atoms with van der Waals surface area (Å²) < 4.78 is 31.3. The quantitative estimate of drug-likeness (QED) is 0.880. The minimum atomic E-state index is -3.42. The van der Waals surface area contributed by atoms with Crippen LogP contribution in [0.3, 0.4) is 0 Å². The van der Waals surface area contributed by atoms with Crippen LogP contribution in [0.1, 0.15) is 25.0 Å². The summed E-state index contributed by atoms with van der Waals surface area (Å²) in [7, 11) is -1.63. The molecule has 17 heavy (non-hydrogen) atoms. The number of hydrogen-bond donors (Lipinski definition) is 1. The highest BCUT2D eigenvalue weighted by Gasteiger charge is 2.28. The first kappa shape index (κ1) is 12.6. The molecule has 2 heterocycles. The molecule has 5 nitrogen and oxygen atoms in total. The maximum atomic E-state index is 12.2. The molecule has 1 aliphatic rings. The van der Waals surface area contributed by atoms with Gasteiger partial charge in [-0.25, -0.2) is 8.42 Å². The number of rotatable bonds is 4. The molecular formula is C11H18N2O3S. The molecule has 1 aromatic rings. The number of nitrogens with one attached hydrogen (secondary N) is 1. The summed E-state index contributed by atoms with van der Waals surface area (Å²) in [6.45, 7) is 1.74. The molecule has 0 atom stereocenters. The first-order valence-electron chi connectivity index (χ1n) is 5.88. The van der Waals surface area contributed by atoms with E-state index in [0.717, 1.165) is 19.3 Å². The Hall–Kier alpha value is -0.850. The van der Waals surface area contributed by atoms with Crippen LogP contribution in [-0.2, 0) is 16.6 Å². The molecule has 6 heteroatoms. The second kappa shape index (κ2) is 5.20. The van der Waals surface area contributed by atoms with Gasteiger partial charge in [0.1, 0.15) is 5.76 Å². The van der Waals surface area contributed by atoms with E-state index in [1.807, 2.05) is 0 Å². The van der Waals surface area contributed by atoms with Crippen LogP contribution < -0.4 is 5.32 Å². The van der Waals surface area contributed by atoms with Gasteiger partial charge in [-0.2, -0.15) is 4.31 Å². The highest BCUT2D eigenvalue weighted by Crippen LogP contribution is 2.22. The standard InChI is InChI=1S/C11H18N2O3S/c1-12-9-10-5-6-11(16-10)17(14,15)13-7-3-2-4-8-13/h5-6,12H,2-4,7-9H2,1H3. The summed E-state index contributed by atoms with van der Waals surface area (Å²) in [6.07, 6.45) is 2.97. The molecule has 1 aromatic heterocycles. The van der Waals surface area contributed by atoms with Crippen LogP contribution in [0.25, 0.3) is 0 Å². The molecular weight excluding hydrogens is 240 g/mol. The molecule has 0 bridgehead atoms. The topological polar surface area (TPSA) is 62.6 Å². The molecule has 0 spiro atoms. The summed E-state index contributed by atoms with van der Waals surface area (Å²) in [6, 6.07) is 3.24. The third-order valence-electron chi connectivity index (χ3n) is 2.90. The van der Waals surface area contributed by atoms with E-state index in [2.05, 4.69) is 5.32 Å². The Labute approximate surface area is 102 Å². The van der Waals surface area contributed by atoms with Crippen molar-refractivity contribution < 1.29 is 12.8 Å². The van der Waals surface area contributed by atoms with Crippen molar-refractivity contribution in [3.05, 3.63) is 17.9 Å². The van der Waals surface area contributed by atoms with E-state index in [1.54, 1.807) is 13.1 Å². The Balaban J connectivity index is 2.18. The van der Waals surface area contributed by atoms with Crippen molar-refractivity contribution in [1.82, 2.24) is 9.62 Å². The van der Waals surface area contributed by atoms with Gasteiger partial charge in [-0.15, -0.1) is 0 Å². The van der Waals surface area contributed by atoms with Gasteiger partial charge in [-0.05, 0) is 32.0 Å². The summed E-state index contributed by atoms with van der Waals surface area (Å²) in [5.74, 6) is 0.642. The third-order valence-corrected chi connectivity index (χ3v) is 4.67. The van der Waals surface area contributed by atoms with Crippen LogP contribution in [0, 0.1) is 0 Å². The first-order valence-corrected chi connectivity index (χ1v) is 7.32. The molecule has 1 saturated heterocycles. The average Bonchev–Trinajstić information content (AvgIpc) is 2.80. The highest BCUT2D eigenvalue weighted by molar-refractivity contribution is 7.89. The van der Waals surface area contributed by atoms with Crippen LogP contribution in [0.15, 0.2) is 21.6 Å². The molecule has 0 aromatic carbocycles. The van der Waals surface area contributed by atoms with E-state index in [1.165, 1.54) is 10.4 Å². The zero-order valence-electron chi connectivity index (χ0n) is 9.98. The largest absolute Gasteiger partial charge is 0.447 e. The molecule has 0 saturated carbocycles. The van der Waals surface area contributed by atoms with Crippen LogP contribution >= 0.6 is 0 Å². The minimum Gasteiger partial charge on any atom is -0.447 e. The van der Waals surface area contributed by atoms with Crippen molar-refractivity contribution in [3.63, 3.8) is 0 Å². The van der Waals surface area contributed by atoms with Gasteiger partial charge in [0.15, 0.2) is 0 Å². The van der Waals surface area contributed by atoms with Gasteiger partial charge in [-0.1, -0.05) is 6.42 Å². The lowest BCUT2D eigenvalue weighted by atomic mass is 10.2. The van der Waals surface area contributed by atoms with Crippen molar-refractivity contribution in [3.8, 4) is 0 Å². The van der Waals surface area contributed by atoms with E-state index in [0.29, 0.717) is 25.4 Å². The fourth-order valence-electron chi connectivity index (χ4n) is 2.00. The Morgan fingerprint density at radius 1 is 1.29 bits per heavy atom. The number of furan rings is 1. The van der Waals surface area contributed by atoms with Crippen molar-refractivity contribution in [2.45, 2.75) is 30.9 Å². The molecule has 96 valence electrons. The zero-order chi connectivity index (χ0) is 12.3. The predicted octanol–water partition coefficient (Wildman–Crippen LogP) is 1.17. The van der Waals surface area contributed by atoms with Crippen LogP contribution in [-0.4, -0.2) is 32.9 Å². The zero-order valence-corrected chi connectivity index (χ0v) is 10.8. The van der Waals surface area contributed by atoms with Gasteiger partial charge in [-0.3, -0.25) is 0 Å². The molecule has 1 fully saturated rings. The van der Waals surface area contributed by atoms with Crippen molar-refractivity contribution in [2.75, 3.05) is 20.1 Å². The average molecular weight is 258 g/mol. The molecule has 0 radical (unpaired) electrons. The maximum Gasteiger partial charge on any atom is 0.276 e. The highest BCUT2D eigenvalue weighted by atomic mass is 32.2. The monoisotopic (exact) mass is 258 g/mol. The molecule has 0 unspecified atom stereocenters. The molecule has 0 amide bonds. The van der Waals surface area contributed by atoms with E-state index in [9.17, 15) is 8.42 Å². The Bertz CT molecular complexity index is 461. The summed E-state index contributed by atoms with van der Waals surface area (Å²) in [5, 5.41) is 2.99. The van der Waals surface area contributed by atoms with E-state index in [-0.39, 0.29) is 5.09 Å². The van der Waals surface area contributed by atoms with Crippen molar-refractivity contribution in [2.24, 2.45) is 0 Å². The first-order chi connectivity index (χ1) is 8.14. The summed E-state index contributed by atoms with van der Waals surface area (Å²) >= 11 is 0. The lowest BCUT2D eigenvalue weighted by Crippen LogP contribution is -2.35. The minimum absolute atomic E-state index is 0.0599. The number of hydrogen-bond acceptors (Lipinski definition) is 4. The van der Waals surface area contributed by atoms with E-state index < -0.39 is 10.0 Å². The molecule has 0 aliphatic carbocycles. The normalized spacial score (nSPS) is 18.4. The fourth-order valence-corrected chi connectivity index (χ4v) is 3.44. The lowest BCUT2D eigenvalue weighted by Gasteiger charge is -2.24. The van der Waals surface area contributed by atoms with E-state index in [4.69, 9.17) is 4.42 Å². The van der Waals surface area contributed by atoms with Crippen LogP contribution in [0.2, 0.25) is 0 Å². The molecule has 1 N–H and O–H groups in total. The number of piperidine rings is 1. The fraction of sp³-hybridized carbons (Fsp3) is 0.636. The maximum absolute atomic E-state index is 12.2. The van der Waals surface area contributed by atoms with Crippen molar-refractivity contribution >= 4 is 10.0 Å². The van der Waals surface area contributed by atoms with Gasteiger partial charge in [0.25, 0.3) is 10.0 Å². The summed E-state index contributed by atoms with van der Waals surface area (Å²) in [5.41, 5.74) is 0. The van der Waals surface area contributed by atoms with Gasteiger partial charge in [0, 0.05) is 13.1 Å². The smallest absolute Gasteiger partial charge is 0.276 e. The van der Waals surface area contributed by atoms with Gasteiger partial charge in [0.2, 0.25) is 5.09 Å². The van der Waals surface area contributed by atoms with Crippen molar-refractivity contribution in [1.29, 1.82) is 0 Å². The van der Waals surface area contributed by atoms with Crippen LogP contribution in [0.4, 0.5) is 0 Å². The Morgan fingerprint density at radius 2 is 2.00 bits per heavy atom.